The molecule has 0 saturated heterocycles. The Morgan fingerprint density at radius 3 is 2.15 bits per heavy atom. The predicted molar refractivity (Wildman–Crippen MR) is 78.1 cm³/mol. The summed E-state index contributed by atoms with van der Waals surface area (Å²) in [7, 11) is 0. The number of hydrogen-bond donors (Lipinski definition) is 0. The van der Waals surface area contributed by atoms with Crippen LogP contribution < -0.4 is 0 Å². The Hall–Kier alpha value is -2.88. The van der Waals surface area contributed by atoms with Gasteiger partial charge in [0.05, 0.1) is 0 Å². The number of rotatable bonds is 3. The first-order valence-corrected chi connectivity index (χ1v) is 6.20. The molecule has 1 heterocycles. The van der Waals surface area contributed by atoms with E-state index in [1.807, 2.05) is 66.7 Å². The predicted octanol–water partition coefficient (Wildman–Crippen LogP) is 3.58. The van der Waals surface area contributed by atoms with Crippen LogP contribution >= 0.6 is 0 Å². The second-order valence-corrected chi connectivity index (χ2v) is 4.28. The van der Waals surface area contributed by atoms with Crippen LogP contribution in [0.25, 0.3) is 11.6 Å². The summed E-state index contributed by atoms with van der Waals surface area (Å²) in [5, 5.41) is 10.8. The molecular formula is C16H11N3O. The molecule has 2 aromatic carbocycles. The first-order chi connectivity index (χ1) is 9.84. The topological polar surface area (TPSA) is 54.1 Å². The third-order valence-corrected chi connectivity index (χ3v) is 2.93. The van der Waals surface area contributed by atoms with Crippen molar-refractivity contribution in [3.05, 3.63) is 71.8 Å². The molecule has 0 unspecified atom stereocenters. The van der Waals surface area contributed by atoms with Gasteiger partial charge in [-0.15, -0.1) is 5.10 Å². The highest BCUT2D eigenvalue weighted by atomic mass is 16.2. The monoisotopic (exact) mass is 261 g/mol. The van der Waals surface area contributed by atoms with Crippen molar-refractivity contribution in [1.29, 1.82) is 0 Å². The van der Waals surface area contributed by atoms with Crippen molar-refractivity contribution in [2.24, 2.45) is 15.4 Å². The molecule has 1 aliphatic heterocycles. The Morgan fingerprint density at radius 1 is 0.900 bits per heavy atom. The van der Waals surface area contributed by atoms with E-state index in [1.165, 1.54) is 0 Å². The van der Waals surface area contributed by atoms with Crippen molar-refractivity contribution >= 4 is 23.3 Å². The lowest BCUT2D eigenvalue weighted by atomic mass is 9.98. The van der Waals surface area contributed by atoms with Gasteiger partial charge < -0.3 is 0 Å². The van der Waals surface area contributed by atoms with E-state index in [0.717, 1.165) is 16.7 Å². The molecule has 0 spiro atoms. The van der Waals surface area contributed by atoms with Gasteiger partial charge in [-0.25, -0.2) is 0 Å². The standard InChI is InChI=1S/C16H11N3O/c20-16-15(17-19-18-16)14(13-9-5-2-6-10-13)11-12-7-3-1-4-8-12/h1-11H. The van der Waals surface area contributed by atoms with Crippen LogP contribution in [-0.2, 0) is 4.79 Å². The second-order valence-electron chi connectivity index (χ2n) is 4.28. The van der Waals surface area contributed by atoms with Crippen molar-refractivity contribution < 1.29 is 4.79 Å². The van der Waals surface area contributed by atoms with Crippen LogP contribution in [0, 0.1) is 0 Å². The lowest BCUT2D eigenvalue weighted by molar-refractivity contribution is -0.111. The van der Waals surface area contributed by atoms with Gasteiger partial charge in [-0.05, 0) is 22.4 Å². The Kier molecular flexibility index (Phi) is 3.29. The highest BCUT2D eigenvalue weighted by molar-refractivity contribution is 6.58. The van der Waals surface area contributed by atoms with Gasteiger partial charge in [0.2, 0.25) is 0 Å². The van der Waals surface area contributed by atoms with Gasteiger partial charge >= 0.3 is 5.91 Å². The zero-order valence-corrected chi connectivity index (χ0v) is 10.6. The van der Waals surface area contributed by atoms with Gasteiger partial charge in [-0.1, -0.05) is 65.8 Å². The van der Waals surface area contributed by atoms with Gasteiger partial charge in [0.25, 0.3) is 0 Å². The van der Waals surface area contributed by atoms with E-state index in [1.54, 1.807) is 0 Å². The van der Waals surface area contributed by atoms with Crippen molar-refractivity contribution in [3.8, 4) is 0 Å². The summed E-state index contributed by atoms with van der Waals surface area (Å²) in [5.41, 5.74) is 2.91. The lowest BCUT2D eigenvalue weighted by Crippen LogP contribution is -2.10. The molecule has 0 atom stereocenters. The molecule has 20 heavy (non-hydrogen) atoms. The lowest BCUT2D eigenvalue weighted by Gasteiger charge is -2.05. The molecule has 4 heteroatoms. The summed E-state index contributed by atoms with van der Waals surface area (Å²) in [6.45, 7) is 0. The van der Waals surface area contributed by atoms with Crippen LogP contribution in [-0.4, -0.2) is 11.6 Å². The molecule has 0 saturated carbocycles. The van der Waals surface area contributed by atoms with Crippen molar-refractivity contribution in [1.82, 2.24) is 0 Å². The Labute approximate surface area is 116 Å². The number of amides is 1. The summed E-state index contributed by atoms with van der Waals surface area (Å²) in [4.78, 5) is 11.7. The average Bonchev–Trinajstić information content (AvgIpc) is 2.93. The maximum atomic E-state index is 11.7. The third-order valence-electron chi connectivity index (χ3n) is 2.93. The van der Waals surface area contributed by atoms with E-state index < -0.39 is 5.91 Å². The average molecular weight is 261 g/mol. The number of carbonyl (C=O) groups is 1. The largest absolute Gasteiger partial charge is 0.318 e. The molecule has 0 aromatic heterocycles. The van der Waals surface area contributed by atoms with Crippen LogP contribution in [0.2, 0.25) is 0 Å². The minimum absolute atomic E-state index is 0.278. The molecule has 3 rings (SSSR count). The Bertz CT molecular complexity index is 716. The Morgan fingerprint density at radius 2 is 1.55 bits per heavy atom. The Balaban J connectivity index is 2.10. The molecule has 96 valence electrons. The molecule has 0 aliphatic carbocycles. The quantitative estimate of drug-likeness (QED) is 0.779. The molecule has 0 bridgehead atoms. The first kappa shape index (κ1) is 12.2. The molecule has 0 N–H and O–H groups in total. The van der Waals surface area contributed by atoms with Crippen LogP contribution in [0.5, 0.6) is 0 Å². The van der Waals surface area contributed by atoms with Crippen LogP contribution in [0.4, 0.5) is 0 Å². The summed E-state index contributed by atoms with van der Waals surface area (Å²) >= 11 is 0. The summed E-state index contributed by atoms with van der Waals surface area (Å²) < 4.78 is 0. The normalized spacial score (nSPS) is 14.5. The highest BCUT2D eigenvalue weighted by Crippen LogP contribution is 2.22. The molecular weight excluding hydrogens is 250 g/mol. The van der Waals surface area contributed by atoms with Gasteiger partial charge in [0, 0.05) is 5.57 Å². The molecule has 0 fully saturated rings. The fourth-order valence-electron chi connectivity index (χ4n) is 1.99. The van der Waals surface area contributed by atoms with Gasteiger partial charge in [-0.2, -0.15) is 0 Å². The number of carbonyl (C=O) groups excluding carboxylic acids is 1. The zero-order valence-electron chi connectivity index (χ0n) is 10.6. The van der Waals surface area contributed by atoms with Crippen molar-refractivity contribution in [2.75, 3.05) is 0 Å². The maximum absolute atomic E-state index is 11.7. The molecule has 1 amide bonds. The van der Waals surface area contributed by atoms with Crippen LogP contribution in [0.15, 0.2) is 76.1 Å². The van der Waals surface area contributed by atoms with Crippen molar-refractivity contribution in [2.45, 2.75) is 0 Å². The minimum atomic E-state index is -0.406. The van der Waals surface area contributed by atoms with E-state index in [-0.39, 0.29) is 5.71 Å². The SMILES string of the molecule is O=C1N=NN=C1C(=Cc1ccccc1)c1ccccc1. The molecule has 2 aromatic rings. The van der Waals surface area contributed by atoms with E-state index in [4.69, 9.17) is 0 Å². The molecule has 1 aliphatic rings. The van der Waals surface area contributed by atoms with Gasteiger partial charge in [0.1, 0.15) is 0 Å². The minimum Gasteiger partial charge on any atom is -0.263 e. The second kappa shape index (κ2) is 5.40. The smallest absolute Gasteiger partial charge is 0.263 e. The van der Waals surface area contributed by atoms with Crippen LogP contribution in [0.3, 0.4) is 0 Å². The summed E-state index contributed by atoms with van der Waals surface area (Å²) in [6, 6.07) is 19.4. The van der Waals surface area contributed by atoms with Crippen molar-refractivity contribution in [3.63, 3.8) is 0 Å². The molecule has 0 radical (unpaired) electrons. The summed E-state index contributed by atoms with van der Waals surface area (Å²) in [6.07, 6.45) is 1.92. The van der Waals surface area contributed by atoms with Gasteiger partial charge in [-0.3, -0.25) is 4.79 Å². The maximum Gasteiger partial charge on any atom is 0.318 e. The third kappa shape index (κ3) is 2.44. The van der Waals surface area contributed by atoms with E-state index in [9.17, 15) is 4.79 Å². The zero-order chi connectivity index (χ0) is 13.8. The van der Waals surface area contributed by atoms with E-state index in [2.05, 4.69) is 15.4 Å². The molecule has 4 nitrogen and oxygen atoms in total. The number of hydrogen-bond acceptors (Lipinski definition) is 3. The highest BCUT2D eigenvalue weighted by Gasteiger charge is 2.21. The fraction of sp³-hybridized carbons (Fsp3) is 0. The van der Waals surface area contributed by atoms with E-state index in [0.29, 0.717) is 0 Å². The first-order valence-electron chi connectivity index (χ1n) is 6.20. The number of benzene rings is 2. The van der Waals surface area contributed by atoms with Gasteiger partial charge in [0.15, 0.2) is 5.71 Å². The van der Waals surface area contributed by atoms with E-state index >= 15 is 0 Å². The summed E-state index contributed by atoms with van der Waals surface area (Å²) in [5.74, 6) is -0.406. The fourth-order valence-corrected chi connectivity index (χ4v) is 1.99. The number of nitrogens with zero attached hydrogens (tertiary/aromatic N) is 3. The van der Waals surface area contributed by atoms with Crippen LogP contribution in [0.1, 0.15) is 11.1 Å².